The predicted octanol–water partition coefficient (Wildman–Crippen LogP) is 4.38. The third-order valence-electron chi connectivity index (χ3n) is 5.13. The lowest BCUT2D eigenvalue weighted by atomic mass is 10.0. The molecule has 0 amide bonds. The van der Waals surface area contributed by atoms with Crippen LogP contribution in [0.4, 0.5) is 4.39 Å². The molecule has 162 valence electrons. The minimum atomic E-state index is -0.516. The Morgan fingerprint density at radius 3 is 2.88 bits per heavy atom. The van der Waals surface area contributed by atoms with Gasteiger partial charge in [0.1, 0.15) is 18.2 Å². The summed E-state index contributed by atoms with van der Waals surface area (Å²) < 4.78 is 31.9. The van der Waals surface area contributed by atoms with Crippen molar-refractivity contribution >= 4 is 5.97 Å². The normalized spacial score (nSPS) is 12.5. The van der Waals surface area contributed by atoms with E-state index in [1.54, 1.807) is 43.3 Å². The summed E-state index contributed by atoms with van der Waals surface area (Å²) in [5.41, 5.74) is 3.41. The maximum absolute atomic E-state index is 15.0. The summed E-state index contributed by atoms with van der Waals surface area (Å²) in [6.45, 7) is 2.48. The Kier molecular flexibility index (Phi) is 6.31. The zero-order chi connectivity index (χ0) is 22.5. The topological polar surface area (TPSA) is 81.4 Å². The summed E-state index contributed by atoms with van der Waals surface area (Å²) in [6, 6.07) is 15.5. The van der Waals surface area contributed by atoms with Crippen LogP contribution in [0.2, 0.25) is 0 Å². The van der Waals surface area contributed by atoms with Gasteiger partial charge in [-0.2, -0.15) is 5.26 Å². The molecule has 0 radical (unpaired) electrons. The summed E-state index contributed by atoms with van der Waals surface area (Å²) in [5, 5.41) is 9.26. The van der Waals surface area contributed by atoms with Gasteiger partial charge in [0.25, 0.3) is 0 Å². The first kappa shape index (κ1) is 21.3. The first-order valence-electron chi connectivity index (χ1n) is 10.3. The van der Waals surface area contributed by atoms with Crippen LogP contribution in [0.25, 0.3) is 11.3 Å². The molecule has 1 aliphatic rings. The molecule has 4 bridgehead atoms. The van der Waals surface area contributed by atoms with Crippen LogP contribution in [0.1, 0.15) is 29.2 Å². The Labute approximate surface area is 185 Å². The zero-order valence-electron chi connectivity index (χ0n) is 17.6. The van der Waals surface area contributed by atoms with Crippen molar-refractivity contribution < 1.29 is 23.4 Å². The molecule has 0 N–H and O–H groups in total. The van der Waals surface area contributed by atoms with Crippen molar-refractivity contribution in [2.45, 2.75) is 26.4 Å². The van der Waals surface area contributed by atoms with E-state index in [0.29, 0.717) is 34.9 Å². The first-order chi connectivity index (χ1) is 15.6. The fourth-order valence-electron chi connectivity index (χ4n) is 3.57. The van der Waals surface area contributed by atoms with Gasteiger partial charge in [0.05, 0.1) is 37.0 Å². The van der Waals surface area contributed by atoms with E-state index in [4.69, 9.17) is 14.2 Å². The molecule has 0 saturated heterocycles. The summed E-state index contributed by atoms with van der Waals surface area (Å²) in [4.78, 5) is 16.5. The number of fused-ring (bicyclic) bond motifs is 6. The van der Waals surface area contributed by atoms with Crippen LogP contribution in [-0.4, -0.2) is 24.2 Å². The number of nitriles is 1. The van der Waals surface area contributed by atoms with E-state index < -0.39 is 11.8 Å². The second-order valence-corrected chi connectivity index (χ2v) is 7.27. The highest BCUT2D eigenvalue weighted by Gasteiger charge is 2.18. The van der Waals surface area contributed by atoms with Gasteiger partial charge in [-0.1, -0.05) is 12.1 Å². The number of carbonyl (C=O) groups excluding carboxylic acids is 1. The molecule has 7 heteroatoms. The van der Waals surface area contributed by atoms with Gasteiger partial charge in [0, 0.05) is 23.6 Å². The van der Waals surface area contributed by atoms with Crippen LogP contribution < -0.4 is 9.47 Å². The number of nitrogens with zero attached hydrogens (tertiary/aromatic N) is 2. The van der Waals surface area contributed by atoms with E-state index in [9.17, 15) is 14.4 Å². The van der Waals surface area contributed by atoms with Crippen molar-refractivity contribution in [3.05, 3.63) is 76.6 Å². The van der Waals surface area contributed by atoms with Gasteiger partial charge >= 0.3 is 5.97 Å². The van der Waals surface area contributed by atoms with Gasteiger partial charge in [0.15, 0.2) is 0 Å². The lowest BCUT2D eigenvalue weighted by Crippen LogP contribution is -2.11. The highest BCUT2D eigenvalue weighted by atomic mass is 19.1. The van der Waals surface area contributed by atoms with Crippen molar-refractivity contribution in [1.29, 1.82) is 5.26 Å². The number of esters is 1. The van der Waals surface area contributed by atoms with Gasteiger partial charge in [-0.15, -0.1) is 0 Å². The summed E-state index contributed by atoms with van der Waals surface area (Å²) in [7, 11) is 0. The molecule has 0 saturated carbocycles. The molecule has 0 spiro atoms. The van der Waals surface area contributed by atoms with Gasteiger partial charge in [-0.05, 0) is 48.4 Å². The molecule has 6 nitrogen and oxygen atoms in total. The molecule has 32 heavy (non-hydrogen) atoms. The van der Waals surface area contributed by atoms with E-state index in [2.05, 4.69) is 11.1 Å². The summed E-state index contributed by atoms with van der Waals surface area (Å²) in [6.07, 6.45) is 0.400. The van der Waals surface area contributed by atoms with Crippen molar-refractivity contribution in [3.8, 4) is 29.0 Å². The number of carbonyl (C=O) groups is 1. The van der Waals surface area contributed by atoms with Crippen LogP contribution in [0, 0.1) is 17.1 Å². The molecular formula is C25H21FN2O4. The first-order valence-corrected chi connectivity index (χ1v) is 10.3. The Balaban J connectivity index is 1.77. The molecular weight excluding hydrogens is 411 g/mol. The van der Waals surface area contributed by atoms with Gasteiger partial charge in [-0.3, -0.25) is 4.79 Å². The fourth-order valence-corrected chi connectivity index (χ4v) is 3.57. The number of halogens is 1. The standard InChI is InChI=1S/C25H21FN2O4/c1-2-30-25(29)12-19-11-21(26)20-13-23(19)31-9-8-17-10-16(14-27)6-7-18(17)15-32-24-5-3-4-22(20)28-24/h3-7,10-11,13H,2,8-9,12,15H2,1H3. The second-order valence-electron chi connectivity index (χ2n) is 7.27. The van der Waals surface area contributed by atoms with Gasteiger partial charge in [-0.25, -0.2) is 9.37 Å². The minimum absolute atomic E-state index is 0.105. The fraction of sp³-hybridized carbons (Fsp3) is 0.240. The maximum atomic E-state index is 15.0. The molecule has 3 aromatic rings. The van der Waals surface area contributed by atoms with E-state index in [-0.39, 0.29) is 31.8 Å². The van der Waals surface area contributed by atoms with Crippen molar-refractivity contribution in [2.24, 2.45) is 0 Å². The predicted molar refractivity (Wildman–Crippen MR) is 115 cm³/mol. The summed E-state index contributed by atoms with van der Waals surface area (Å²) >= 11 is 0. The SMILES string of the molecule is CCOC(=O)Cc1cc(F)c2cc1OCCc1cc(C#N)ccc1COc1cccc-2n1. The largest absolute Gasteiger partial charge is 0.493 e. The molecule has 4 rings (SSSR count). The zero-order valence-corrected chi connectivity index (χ0v) is 17.6. The van der Waals surface area contributed by atoms with Crippen molar-refractivity contribution in [2.75, 3.05) is 13.2 Å². The van der Waals surface area contributed by atoms with E-state index >= 15 is 0 Å². The molecule has 0 aliphatic carbocycles. The monoisotopic (exact) mass is 432 g/mol. The minimum Gasteiger partial charge on any atom is -0.493 e. The van der Waals surface area contributed by atoms with E-state index in [0.717, 1.165) is 11.1 Å². The number of benzene rings is 2. The molecule has 0 atom stereocenters. The van der Waals surface area contributed by atoms with E-state index in [1.807, 2.05) is 6.07 Å². The number of pyridine rings is 1. The van der Waals surface area contributed by atoms with Crippen LogP contribution in [-0.2, 0) is 29.0 Å². The average molecular weight is 432 g/mol. The molecule has 0 fully saturated rings. The Bertz CT molecular complexity index is 1200. The molecule has 2 heterocycles. The number of hydrogen-bond donors (Lipinski definition) is 0. The smallest absolute Gasteiger partial charge is 0.310 e. The maximum Gasteiger partial charge on any atom is 0.310 e. The Hall–Kier alpha value is -3.92. The van der Waals surface area contributed by atoms with Crippen LogP contribution in [0.3, 0.4) is 0 Å². The highest BCUT2D eigenvalue weighted by molar-refractivity contribution is 5.75. The third kappa shape index (κ3) is 4.70. The quantitative estimate of drug-likeness (QED) is 0.572. The number of rotatable bonds is 3. The number of ether oxygens (including phenoxy) is 3. The van der Waals surface area contributed by atoms with Gasteiger partial charge in [0.2, 0.25) is 5.88 Å². The van der Waals surface area contributed by atoms with Gasteiger partial charge < -0.3 is 14.2 Å². The molecule has 1 aromatic heterocycles. The Morgan fingerprint density at radius 1 is 1.19 bits per heavy atom. The average Bonchev–Trinajstić information content (AvgIpc) is 2.80. The lowest BCUT2D eigenvalue weighted by Gasteiger charge is -2.14. The number of hydrogen-bond acceptors (Lipinski definition) is 6. The van der Waals surface area contributed by atoms with Crippen molar-refractivity contribution in [3.63, 3.8) is 0 Å². The van der Waals surface area contributed by atoms with E-state index in [1.165, 1.54) is 6.07 Å². The Morgan fingerprint density at radius 2 is 2.06 bits per heavy atom. The van der Waals surface area contributed by atoms with Crippen LogP contribution >= 0.6 is 0 Å². The second kappa shape index (κ2) is 9.48. The molecule has 0 unspecified atom stereocenters. The van der Waals surface area contributed by atoms with Crippen molar-refractivity contribution in [1.82, 2.24) is 4.98 Å². The highest BCUT2D eigenvalue weighted by Crippen LogP contribution is 2.32. The van der Waals surface area contributed by atoms with Crippen LogP contribution in [0.15, 0.2) is 48.5 Å². The molecule has 2 aromatic carbocycles. The molecule has 1 aliphatic heterocycles. The van der Waals surface area contributed by atoms with Crippen LogP contribution in [0.5, 0.6) is 11.6 Å². The number of aromatic nitrogens is 1. The summed E-state index contributed by atoms with van der Waals surface area (Å²) in [5.74, 6) is -0.229. The lowest BCUT2D eigenvalue weighted by molar-refractivity contribution is -0.142. The third-order valence-corrected chi connectivity index (χ3v) is 5.13.